The van der Waals surface area contributed by atoms with E-state index in [4.69, 9.17) is 16.3 Å². The molecule has 138 valence electrons. The summed E-state index contributed by atoms with van der Waals surface area (Å²) in [5.41, 5.74) is 0.342. The molecular formula is C19H21ClFN3O2. The summed E-state index contributed by atoms with van der Waals surface area (Å²) in [6, 6.07) is 3.76. The maximum Gasteiger partial charge on any atom is 0.268 e. The molecule has 0 spiro atoms. The number of methoxy groups -OCH3 is 1. The van der Waals surface area contributed by atoms with Crippen LogP contribution in [0.2, 0.25) is 5.02 Å². The van der Waals surface area contributed by atoms with Gasteiger partial charge in [0.25, 0.3) is 5.56 Å². The number of nitrogens with one attached hydrogen (secondary N) is 1. The number of pyridine rings is 1. The van der Waals surface area contributed by atoms with E-state index in [-0.39, 0.29) is 21.7 Å². The molecule has 1 saturated heterocycles. The molecule has 1 N–H and O–H groups in total. The molecule has 26 heavy (non-hydrogen) atoms. The highest BCUT2D eigenvalue weighted by Gasteiger charge is 2.32. The van der Waals surface area contributed by atoms with Gasteiger partial charge in [-0.15, -0.1) is 0 Å². The van der Waals surface area contributed by atoms with Gasteiger partial charge in [-0.05, 0) is 37.8 Å². The van der Waals surface area contributed by atoms with Crippen LogP contribution in [0.3, 0.4) is 0 Å². The molecule has 1 fully saturated rings. The summed E-state index contributed by atoms with van der Waals surface area (Å²) in [7, 11) is 1.68. The van der Waals surface area contributed by atoms with E-state index in [1.54, 1.807) is 13.2 Å². The van der Waals surface area contributed by atoms with E-state index in [0.29, 0.717) is 36.1 Å². The van der Waals surface area contributed by atoms with Crippen LogP contribution in [0.4, 0.5) is 10.1 Å². The summed E-state index contributed by atoms with van der Waals surface area (Å²) in [5, 5.41) is 10.1. The normalized spacial score (nSPS) is 16.7. The van der Waals surface area contributed by atoms with E-state index < -0.39 is 11.4 Å². The van der Waals surface area contributed by atoms with Gasteiger partial charge >= 0.3 is 0 Å². The van der Waals surface area contributed by atoms with Gasteiger partial charge in [0, 0.05) is 25.6 Å². The number of benzene rings is 1. The van der Waals surface area contributed by atoms with Crippen molar-refractivity contribution < 1.29 is 9.13 Å². The maximum absolute atomic E-state index is 14.8. The number of aromatic nitrogens is 1. The Morgan fingerprint density at radius 1 is 1.46 bits per heavy atom. The largest absolute Gasteiger partial charge is 0.378 e. The smallest absolute Gasteiger partial charge is 0.268 e. The van der Waals surface area contributed by atoms with Gasteiger partial charge in [0.15, 0.2) is 5.82 Å². The van der Waals surface area contributed by atoms with E-state index in [0.717, 1.165) is 12.8 Å². The topological polar surface area (TPSA) is 69.1 Å². The van der Waals surface area contributed by atoms with Gasteiger partial charge in [-0.1, -0.05) is 18.5 Å². The molecule has 2 aromatic rings. The molecular weight excluding hydrogens is 357 g/mol. The number of nitriles is 1. The van der Waals surface area contributed by atoms with Crippen LogP contribution in [0.1, 0.15) is 37.8 Å². The van der Waals surface area contributed by atoms with Crippen LogP contribution in [0, 0.1) is 17.1 Å². The number of fused-ring (bicyclic) bond motifs is 1. The zero-order chi connectivity index (χ0) is 19.1. The molecule has 0 bridgehead atoms. The quantitative estimate of drug-likeness (QED) is 0.884. The fraction of sp³-hybridized carbons (Fsp3) is 0.474. The standard InChI is InChI=1S/C19H21ClFN3O2/c1-4-11-9-12-16(15(21)14(11)20)23-18(25)13(10-22)17(12)24-7-5-19(2,26-3)6-8-24/h9H,4-8H2,1-3H3,(H,23,25). The van der Waals surface area contributed by atoms with Crippen LogP contribution < -0.4 is 10.5 Å². The molecule has 0 atom stereocenters. The van der Waals surface area contributed by atoms with E-state index in [1.165, 1.54) is 0 Å². The van der Waals surface area contributed by atoms with E-state index in [2.05, 4.69) is 4.98 Å². The van der Waals surface area contributed by atoms with Crippen LogP contribution in [-0.2, 0) is 11.2 Å². The molecule has 0 radical (unpaired) electrons. The molecule has 0 saturated carbocycles. The predicted octanol–water partition coefficient (Wildman–Crippen LogP) is 3.76. The Bertz CT molecular complexity index is 956. The summed E-state index contributed by atoms with van der Waals surface area (Å²) in [6.45, 7) is 5.15. The fourth-order valence-corrected chi connectivity index (χ4v) is 3.79. The third-order valence-corrected chi connectivity index (χ3v) is 5.77. The minimum atomic E-state index is -0.650. The van der Waals surface area contributed by atoms with Crippen LogP contribution in [0.5, 0.6) is 0 Å². The number of halogens is 2. The Balaban J connectivity index is 2.25. The van der Waals surface area contributed by atoms with Crippen molar-refractivity contribution in [2.75, 3.05) is 25.1 Å². The van der Waals surface area contributed by atoms with Crippen LogP contribution >= 0.6 is 11.6 Å². The molecule has 1 aliphatic heterocycles. The van der Waals surface area contributed by atoms with Crippen molar-refractivity contribution in [1.29, 1.82) is 5.26 Å². The van der Waals surface area contributed by atoms with Crippen molar-refractivity contribution in [2.45, 2.75) is 38.7 Å². The second-order valence-corrected chi connectivity index (χ2v) is 7.25. The molecule has 1 aromatic heterocycles. The first-order valence-electron chi connectivity index (χ1n) is 8.62. The van der Waals surface area contributed by atoms with Gasteiger partial charge in [0.2, 0.25) is 0 Å². The van der Waals surface area contributed by atoms with E-state index >= 15 is 0 Å². The summed E-state index contributed by atoms with van der Waals surface area (Å²) >= 11 is 6.10. The third-order valence-electron chi connectivity index (χ3n) is 5.36. The van der Waals surface area contributed by atoms with Crippen LogP contribution in [-0.4, -0.2) is 30.8 Å². The summed E-state index contributed by atoms with van der Waals surface area (Å²) < 4.78 is 20.3. The lowest BCUT2D eigenvalue weighted by Crippen LogP contribution is -2.44. The highest BCUT2D eigenvalue weighted by atomic mass is 35.5. The zero-order valence-corrected chi connectivity index (χ0v) is 15.8. The first-order valence-corrected chi connectivity index (χ1v) is 9.00. The molecule has 3 rings (SSSR count). The number of aryl methyl sites for hydroxylation is 1. The Kier molecular flexibility index (Phi) is 4.96. The van der Waals surface area contributed by atoms with Crippen molar-refractivity contribution in [3.63, 3.8) is 0 Å². The van der Waals surface area contributed by atoms with Gasteiger partial charge in [0.05, 0.1) is 21.8 Å². The average molecular weight is 378 g/mol. The Hall–Kier alpha value is -2.10. The van der Waals surface area contributed by atoms with Crippen molar-refractivity contribution in [1.82, 2.24) is 4.98 Å². The Morgan fingerprint density at radius 3 is 2.65 bits per heavy atom. The molecule has 0 amide bonds. The number of hydrogen-bond donors (Lipinski definition) is 1. The van der Waals surface area contributed by atoms with Crippen LogP contribution in [0.15, 0.2) is 10.9 Å². The molecule has 7 heteroatoms. The third kappa shape index (κ3) is 2.95. The van der Waals surface area contributed by atoms with Crippen molar-refractivity contribution in [3.8, 4) is 6.07 Å². The van der Waals surface area contributed by atoms with Gasteiger partial charge < -0.3 is 14.6 Å². The number of hydrogen-bond acceptors (Lipinski definition) is 4. The van der Waals surface area contributed by atoms with Gasteiger partial charge in [-0.25, -0.2) is 4.39 Å². The lowest BCUT2D eigenvalue weighted by molar-refractivity contribution is -0.0132. The number of H-pyrrole nitrogens is 1. The zero-order valence-electron chi connectivity index (χ0n) is 15.1. The minimum Gasteiger partial charge on any atom is -0.378 e. The molecule has 0 unspecified atom stereocenters. The number of aromatic amines is 1. The van der Waals surface area contributed by atoms with Gasteiger partial charge in [0.1, 0.15) is 11.6 Å². The first-order chi connectivity index (χ1) is 12.3. The van der Waals surface area contributed by atoms with E-state index in [1.807, 2.05) is 24.8 Å². The van der Waals surface area contributed by atoms with Gasteiger partial charge in [-0.2, -0.15) is 5.26 Å². The van der Waals surface area contributed by atoms with Crippen molar-refractivity contribution in [3.05, 3.63) is 38.4 Å². The van der Waals surface area contributed by atoms with Gasteiger partial charge in [-0.3, -0.25) is 4.79 Å². The van der Waals surface area contributed by atoms with Crippen LogP contribution in [0.25, 0.3) is 10.9 Å². The first kappa shape index (κ1) is 18.7. The number of ether oxygens (including phenoxy) is 1. The average Bonchev–Trinajstić information content (AvgIpc) is 2.65. The summed E-state index contributed by atoms with van der Waals surface area (Å²) in [4.78, 5) is 16.9. The monoisotopic (exact) mass is 377 g/mol. The Morgan fingerprint density at radius 2 is 2.12 bits per heavy atom. The molecule has 2 heterocycles. The SMILES string of the molecule is CCc1cc2c(N3CCC(C)(OC)CC3)c(C#N)c(=O)[nH]c2c(F)c1Cl. The minimum absolute atomic E-state index is 0.00213. The second-order valence-electron chi connectivity index (χ2n) is 6.87. The molecule has 0 aliphatic carbocycles. The highest BCUT2D eigenvalue weighted by Crippen LogP contribution is 2.37. The molecule has 5 nitrogen and oxygen atoms in total. The number of rotatable bonds is 3. The molecule has 1 aromatic carbocycles. The lowest BCUT2D eigenvalue weighted by atomic mass is 9.92. The second kappa shape index (κ2) is 6.90. The highest BCUT2D eigenvalue weighted by molar-refractivity contribution is 6.32. The number of piperidine rings is 1. The van der Waals surface area contributed by atoms with Crippen molar-refractivity contribution in [2.24, 2.45) is 0 Å². The maximum atomic E-state index is 14.8. The number of anilines is 1. The van der Waals surface area contributed by atoms with Crippen molar-refractivity contribution >= 4 is 28.2 Å². The number of nitrogens with zero attached hydrogens (tertiary/aromatic N) is 2. The Labute approximate surface area is 156 Å². The predicted molar refractivity (Wildman–Crippen MR) is 100 cm³/mol. The fourth-order valence-electron chi connectivity index (χ4n) is 3.50. The molecule has 1 aliphatic rings. The lowest BCUT2D eigenvalue weighted by Gasteiger charge is -2.40. The summed E-state index contributed by atoms with van der Waals surface area (Å²) in [6.07, 6.45) is 2.05. The summed E-state index contributed by atoms with van der Waals surface area (Å²) in [5.74, 6) is -0.650. The van der Waals surface area contributed by atoms with E-state index in [9.17, 15) is 14.4 Å².